The molecule has 2 heterocycles. The molecule has 5 nitrogen and oxygen atoms in total. The molecule has 0 spiro atoms. The molecule has 1 aromatic rings. The Labute approximate surface area is 116 Å². The average molecular weight is 295 g/mol. The van der Waals surface area contributed by atoms with Gasteiger partial charge in [-0.2, -0.15) is 5.10 Å². The van der Waals surface area contributed by atoms with Crippen molar-refractivity contribution in [3.63, 3.8) is 0 Å². The van der Waals surface area contributed by atoms with Crippen LogP contribution in [-0.2, 0) is 9.84 Å². The van der Waals surface area contributed by atoms with Gasteiger partial charge in [0, 0.05) is 5.25 Å². The van der Waals surface area contributed by atoms with Gasteiger partial charge in [-0.25, -0.2) is 13.4 Å². The summed E-state index contributed by atoms with van der Waals surface area (Å²) in [4.78, 5) is 0. The van der Waals surface area contributed by atoms with Gasteiger partial charge in [0.2, 0.25) is 0 Å². The van der Waals surface area contributed by atoms with Crippen LogP contribution in [0.3, 0.4) is 0 Å². The van der Waals surface area contributed by atoms with Gasteiger partial charge < -0.3 is 0 Å². The second-order valence-electron chi connectivity index (χ2n) is 4.61. The Morgan fingerprint density at radius 3 is 2.79 bits per heavy atom. The SMILES string of the molecule is N=C1S[C@H]2CS(=O)(=O)C[C@@H]2N1/N=C\c1ccccc1. The second kappa shape index (κ2) is 4.64. The van der Waals surface area contributed by atoms with Crippen LogP contribution in [0.15, 0.2) is 35.4 Å². The van der Waals surface area contributed by atoms with Crippen LogP contribution in [0.1, 0.15) is 5.56 Å². The zero-order chi connectivity index (χ0) is 13.5. The number of nitrogens with one attached hydrogen (secondary N) is 1. The number of thioether (sulfide) groups is 1. The molecule has 1 N–H and O–H groups in total. The number of hydrazone groups is 1. The summed E-state index contributed by atoms with van der Waals surface area (Å²) in [5.74, 6) is 0.251. The monoisotopic (exact) mass is 295 g/mol. The Morgan fingerprint density at radius 2 is 2.05 bits per heavy atom. The molecule has 1 aromatic carbocycles. The van der Waals surface area contributed by atoms with E-state index in [0.717, 1.165) is 5.56 Å². The van der Waals surface area contributed by atoms with Crippen molar-refractivity contribution in [1.29, 1.82) is 5.41 Å². The third-order valence-corrected chi connectivity index (χ3v) is 6.31. The first-order valence-corrected chi connectivity index (χ1v) is 8.59. The lowest BCUT2D eigenvalue weighted by Gasteiger charge is -2.17. The molecule has 2 fully saturated rings. The summed E-state index contributed by atoms with van der Waals surface area (Å²) < 4.78 is 23.2. The van der Waals surface area contributed by atoms with Crippen molar-refractivity contribution < 1.29 is 8.42 Å². The molecule has 19 heavy (non-hydrogen) atoms. The Morgan fingerprint density at radius 1 is 1.32 bits per heavy atom. The minimum atomic E-state index is -2.98. The number of rotatable bonds is 2. The lowest BCUT2D eigenvalue weighted by atomic mass is 10.2. The van der Waals surface area contributed by atoms with E-state index in [1.165, 1.54) is 16.8 Å². The maximum atomic E-state index is 11.6. The second-order valence-corrected chi connectivity index (χ2v) is 7.99. The quantitative estimate of drug-likeness (QED) is 0.831. The third kappa shape index (κ3) is 2.52. The van der Waals surface area contributed by atoms with Gasteiger partial charge in [0.25, 0.3) is 0 Å². The summed E-state index contributed by atoms with van der Waals surface area (Å²) in [5.41, 5.74) is 0.935. The summed E-state index contributed by atoms with van der Waals surface area (Å²) >= 11 is 1.30. The van der Waals surface area contributed by atoms with E-state index in [0.29, 0.717) is 5.17 Å². The van der Waals surface area contributed by atoms with Crippen molar-refractivity contribution in [2.45, 2.75) is 11.3 Å². The minimum absolute atomic E-state index is 0.0505. The van der Waals surface area contributed by atoms with Crippen LogP contribution in [0.2, 0.25) is 0 Å². The van der Waals surface area contributed by atoms with Crippen LogP contribution in [0.5, 0.6) is 0 Å². The molecular formula is C12H13N3O2S2. The number of benzene rings is 1. The lowest BCUT2D eigenvalue weighted by molar-refractivity contribution is 0.376. The first kappa shape index (κ1) is 12.7. The van der Waals surface area contributed by atoms with Gasteiger partial charge in [0.05, 0.1) is 23.8 Å². The van der Waals surface area contributed by atoms with Gasteiger partial charge in [-0.3, -0.25) is 5.41 Å². The van der Waals surface area contributed by atoms with Gasteiger partial charge in [0.1, 0.15) is 0 Å². The molecular weight excluding hydrogens is 282 g/mol. The van der Waals surface area contributed by atoms with Crippen LogP contribution in [0.25, 0.3) is 0 Å². The standard InChI is InChI=1S/C12H13N3O2S2/c13-12-15(14-6-9-4-2-1-3-5-9)10-7-19(16,17)8-11(10)18-12/h1-6,10-11,13H,7-8H2/b13-12?,14-6-/t10-,11-/m0/s1. The summed E-state index contributed by atoms with van der Waals surface area (Å²) in [7, 11) is -2.98. The lowest BCUT2D eigenvalue weighted by Crippen LogP contribution is -2.32. The Bertz CT molecular complexity index is 628. The van der Waals surface area contributed by atoms with E-state index in [2.05, 4.69) is 5.10 Å². The molecule has 0 radical (unpaired) electrons. The summed E-state index contributed by atoms with van der Waals surface area (Å²) in [5, 5.41) is 14.0. The Kier molecular flexibility index (Phi) is 3.10. The summed E-state index contributed by atoms with van der Waals surface area (Å²) in [6.07, 6.45) is 1.67. The highest BCUT2D eigenvalue weighted by Crippen LogP contribution is 2.37. The number of nitrogens with zero attached hydrogens (tertiary/aromatic N) is 2. The molecule has 0 amide bonds. The van der Waals surface area contributed by atoms with E-state index in [-0.39, 0.29) is 22.8 Å². The zero-order valence-corrected chi connectivity index (χ0v) is 11.7. The number of hydrogen-bond acceptors (Lipinski definition) is 5. The molecule has 0 unspecified atom stereocenters. The van der Waals surface area contributed by atoms with Crippen LogP contribution < -0.4 is 0 Å². The highest BCUT2D eigenvalue weighted by Gasteiger charge is 2.48. The molecule has 100 valence electrons. The molecule has 0 bridgehead atoms. The molecule has 0 aromatic heterocycles. The van der Waals surface area contributed by atoms with Crippen molar-refractivity contribution in [2.75, 3.05) is 11.5 Å². The first-order valence-electron chi connectivity index (χ1n) is 5.89. The summed E-state index contributed by atoms with van der Waals surface area (Å²) in [6.45, 7) is 0. The van der Waals surface area contributed by atoms with E-state index < -0.39 is 9.84 Å². The number of fused-ring (bicyclic) bond motifs is 1. The summed E-state index contributed by atoms with van der Waals surface area (Å²) in [6, 6.07) is 9.38. The number of sulfone groups is 1. The van der Waals surface area contributed by atoms with Crippen molar-refractivity contribution in [2.24, 2.45) is 5.10 Å². The highest BCUT2D eigenvalue weighted by molar-refractivity contribution is 8.15. The molecule has 0 aliphatic carbocycles. The number of amidine groups is 1. The Balaban J connectivity index is 1.81. The predicted molar refractivity (Wildman–Crippen MR) is 77.4 cm³/mol. The largest absolute Gasteiger partial charge is 0.277 e. The Hall–Kier alpha value is -1.34. The topological polar surface area (TPSA) is 73.6 Å². The molecule has 2 aliphatic heterocycles. The van der Waals surface area contributed by atoms with Crippen LogP contribution in [-0.4, -0.2) is 47.6 Å². The van der Waals surface area contributed by atoms with Crippen molar-refractivity contribution >= 4 is 33.0 Å². The maximum absolute atomic E-state index is 11.6. The van der Waals surface area contributed by atoms with Crippen molar-refractivity contribution in [3.8, 4) is 0 Å². The van der Waals surface area contributed by atoms with E-state index >= 15 is 0 Å². The maximum Gasteiger partial charge on any atom is 0.177 e. The fraction of sp³-hybridized carbons (Fsp3) is 0.333. The highest BCUT2D eigenvalue weighted by atomic mass is 32.2. The van der Waals surface area contributed by atoms with Crippen LogP contribution in [0, 0.1) is 5.41 Å². The van der Waals surface area contributed by atoms with Gasteiger partial charge in [-0.15, -0.1) is 0 Å². The molecule has 3 rings (SSSR count). The smallest absolute Gasteiger partial charge is 0.177 e. The molecule has 2 atom stereocenters. The number of hydrogen-bond donors (Lipinski definition) is 1. The molecule has 2 saturated heterocycles. The van der Waals surface area contributed by atoms with Crippen LogP contribution >= 0.6 is 11.8 Å². The fourth-order valence-corrected chi connectivity index (χ4v) is 6.01. The van der Waals surface area contributed by atoms with Gasteiger partial charge >= 0.3 is 0 Å². The van der Waals surface area contributed by atoms with Crippen LogP contribution in [0.4, 0.5) is 0 Å². The van der Waals surface area contributed by atoms with Crippen molar-refractivity contribution in [1.82, 2.24) is 5.01 Å². The predicted octanol–water partition coefficient (Wildman–Crippen LogP) is 1.17. The zero-order valence-electron chi connectivity index (χ0n) is 10.1. The van der Waals surface area contributed by atoms with Crippen molar-refractivity contribution in [3.05, 3.63) is 35.9 Å². The van der Waals surface area contributed by atoms with E-state index in [1.807, 2.05) is 30.3 Å². The molecule has 7 heteroatoms. The molecule has 2 aliphatic rings. The normalized spacial score (nSPS) is 29.1. The van der Waals surface area contributed by atoms with E-state index in [1.54, 1.807) is 6.21 Å². The first-order chi connectivity index (χ1) is 9.05. The third-order valence-electron chi connectivity index (χ3n) is 3.19. The van der Waals surface area contributed by atoms with E-state index in [9.17, 15) is 8.42 Å². The van der Waals surface area contributed by atoms with E-state index in [4.69, 9.17) is 5.41 Å². The van der Waals surface area contributed by atoms with Gasteiger partial charge in [-0.05, 0) is 5.56 Å². The fourth-order valence-electron chi connectivity index (χ4n) is 2.29. The average Bonchev–Trinajstić information content (AvgIpc) is 2.79. The minimum Gasteiger partial charge on any atom is -0.277 e. The van der Waals surface area contributed by atoms with Gasteiger partial charge in [-0.1, -0.05) is 42.1 Å². The van der Waals surface area contributed by atoms with Gasteiger partial charge in [0.15, 0.2) is 15.0 Å². The molecule has 0 saturated carbocycles.